The van der Waals surface area contributed by atoms with Crippen LogP contribution in [0.5, 0.6) is 0 Å². The zero-order valence-electron chi connectivity index (χ0n) is 11.8. The Bertz CT molecular complexity index is 611. The molecule has 1 saturated carbocycles. The molecule has 1 aliphatic carbocycles. The first-order chi connectivity index (χ1) is 9.74. The maximum absolute atomic E-state index is 4.40. The van der Waals surface area contributed by atoms with Crippen molar-refractivity contribution in [3.05, 3.63) is 30.1 Å². The topological polar surface area (TPSA) is 46.8 Å². The van der Waals surface area contributed by atoms with Gasteiger partial charge in [0.05, 0.1) is 5.69 Å². The van der Waals surface area contributed by atoms with E-state index in [1.165, 1.54) is 25.7 Å². The molecular formula is C15H19N5. The van der Waals surface area contributed by atoms with Gasteiger partial charge in [-0.1, -0.05) is 0 Å². The zero-order chi connectivity index (χ0) is 13.6. The van der Waals surface area contributed by atoms with Gasteiger partial charge in [0.1, 0.15) is 0 Å². The molecule has 3 heterocycles. The maximum Gasteiger partial charge on any atom is 0.175 e. The van der Waals surface area contributed by atoms with Gasteiger partial charge in [0.2, 0.25) is 0 Å². The molecule has 0 aromatic carbocycles. The van der Waals surface area contributed by atoms with Crippen molar-refractivity contribution in [1.82, 2.24) is 20.0 Å². The molecule has 2 fully saturated rings. The van der Waals surface area contributed by atoms with E-state index in [-0.39, 0.29) is 0 Å². The fourth-order valence-corrected chi connectivity index (χ4v) is 3.14. The Hall–Kier alpha value is -1.91. The van der Waals surface area contributed by atoms with Gasteiger partial charge in [-0.05, 0) is 56.2 Å². The second-order valence-electron chi connectivity index (χ2n) is 6.18. The summed E-state index contributed by atoms with van der Waals surface area (Å²) < 4.78 is 1.77. The number of aryl methyl sites for hydroxylation is 1. The Morgan fingerprint density at radius 3 is 2.50 bits per heavy atom. The van der Waals surface area contributed by atoms with E-state index in [0.717, 1.165) is 30.4 Å². The normalized spacial score (nSPS) is 20.4. The van der Waals surface area contributed by atoms with Crippen LogP contribution in [0.25, 0.3) is 5.82 Å². The van der Waals surface area contributed by atoms with Crippen LogP contribution in [0.1, 0.15) is 31.4 Å². The summed E-state index contributed by atoms with van der Waals surface area (Å²) in [5, 5.41) is 13.1. The number of rotatable bonds is 2. The molecule has 1 saturated heterocycles. The summed E-state index contributed by atoms with van der Waals surface area (Å²) in [4.78, 5) is 2.39. The molecular weight excluding hydrogens is 250 g/mol. The van der Waals surface area contributed by atoms with Gasteiger partial charge in [0.25, 0.3) is 0 Å². The second-order valence-corrected chi connectivity index (χ2v) is 6.18. The van der Waals surface area contributed by atoms with E-state index in [2.05, 4.69) is 26.3 Å². The predicted molar refractivity (Wildman–Crippen MR) is 77.0 cm³/mol. The molecule has 20 heavy (non-hydrogen) atoms. The van der Waals surface area contributed by atoms with Crippen molar-refractivity contribution < 1.29 is 0 Å². The molecule has 0 bridgehead atoms. The number of aromatic nitrogens is 4. The molecule has 2 aliphatic rings. The van der Waals surface area contributed by atoms with Crippen LogP contribution in [0.2, 0.25) is 0 Å². The summed E-state index contributed by atoms with van der Waals surface area (Å²) in [6, 6.07) is 6.04. The highest BCUT2D eigenvalue weighted by molar-refractivity contribution is 5.41. The summed E-state index contributed by atoms with van der Waals surface area (Å²) >= 11 is 0. The van der Waals surface area contributed by atoms with Gasteiger partial charge in [-0.25, -0.2) is 4.68 Å². The molecule has 0 radical (unpaired) electrons. The molecule has 5 heteroatoms. The van der Waals surface area contributed by atoms with Gasteiger partial charge in [0, 0.05) is 19.3 Å². The Labute approximate surface area is 118 Å². The highest BCUT2D eigenvalue weighted by Crippen LogP contribution is 2.52. The number of nitrogens with zero attached hydrogens (tertiary/aromatic N) is 5. The summed E-state index contributed by atoms with van der Waals surface area (Å²) in [6.45, 7) is 4.24. The summed E-state index contributed by atoms with van der Waals surface area (Å²) in [5.41, 5.74) is 1.60. The zero-order valence-corrected chi connectivity index (χ0v) is 11.8. The third-order valence-electron chi connectivity index (χ3n) is 4.54. The molecule has 104 valence electrons. The fourth-order valence-electron chi connectivity index (χ4n) is 3.14. The summed E-state index contributed by atoms with van der Waals surface area (Å²) in [6.07, 6.45) is 7.37. The smallest absolute Gasteiger partial charge is 0.175 e. The average Bonchev–Trinajstić information content (AvgIpc) is 3.07. The lowest BCUT2D eigenvalue weighted by atomic mass is 9.95. The van der Waals surface area contributed by atoms with Crippen LogP contribution in [0, 0.1) is 12.3 Å². The first-order valence-corrected chi connectivity index (χ1v) is 7.36. The van der Waals surface area contributed by atoms with Gasteiger partial charge in [-0.15, -0.1) is 10.2 Å². The summed E-state index contributed by atoms with van der Waals surface area (Å²) in [7, 11) is 0. The van der Waals surface area contributed by atoms with Crippen molar-refractivity contribution in [2.45, 2.75) is 32.6 Å². The minimum Gasteiger partial charge on any atom is -0.355 e. The molecule has 0 unspecified atom stereocenters. The number of piperidine rings is 1. The molecule has 2 aromatic heterocycles. The standard InChI is InChI=1S/C15H19N5/c1-12-5-10-20(18-12)14-4-3-13(16-17-14)19-9-2-6-15(11-19)7-8-15/h3-5,10H,2,6-9,11H2,1H3. The minimum atomic E-state index is 0.609. The highest BCUT2D eigenvalue weighted by atomic mass is 15.4. The van der Waals surface area contributed by atoms with Crippen LogP contribution in [-0.4, -0.2) is 33.1 Å². The van der Waals surface area contributed by atoms with E-state index >= 15 is 0 Å². The quantitative estimate of drug-likeness (QED) is 0.839. The maximum atomic E-state index is 4.40. The van der Waals surface area contributed by atoms with Gasteiger partial charge in [0.15, 0.2) is 11.6 Å². The minimum absolute atomic E-state index is 0.609. The van der Waals surface area contributed by atoms with E-state index in [1.807, 2.05) is 25.3 Å². The largest absolute Gasteiger partial charge is 0.355 e. The van der Waals surface area contributed by atoms with Gasteiger partial charge in [-0.2, -0.15) is 5.10 Å². The molecule has 2 aromatic rings. The SMILES string of the molecule is Cc1ccn(-c2ccc(N3CCCC4(CC4)C3)nn2)n1. The lowest BCUT2D eigenvalue weighted by Crippen LogP contribution is -2.37. The molecule has 4 rings (SSSR count). The van der Waals surface area contributed by atoms with Crippen molar-refractivity contribution in [3.63, 3.8) is 0 Å². The van der Waals surface area contributed by atoms with Crippen LogP contribution in [-0.2, 0) is 0 Å². The van der Waals surface area contributed by atoms with E-state index in [9.17, 15) is 0 Å². The monoisotopic (exact) mass is 269 g/mol. The Balaban J connectivity index is 1.55. The van der Waals surface area contributed by atoms with Crippen molar-refractivity contribution in [2.75, 3.05) is 18.0 Å². The summed E-state index contributed by atoms with van der Waals surface area (Å²) in [5.74, 6) is 1.78. The van der Waals surface area contributed by atoms with Gasteiger partial charge in [-0.3, -0.25) is 0 Å². The first kappa shape index (κ1) is 11.9. The van der Waals surface area contributed by atoms with Crippen molar-refractivity contribution in [2.24, 2.45) is 5.41 Å². The number of hydrogen-bond acceptors (Lipinski definition) is 4. The highest BCUT2D eigenvalue weighted by Gasteiger charge is 2.45. The average molecular weight is 269 g/mol. The molecule has 5 nitrogen and oxygen atoms in total. The predicted octanol–water partition coefficient (Wildman–Crippen LogP) is 2.35. The molecule has 0 amide bonds. The van der Waals surface area contributed by atoms with Crippen LogP contribution >= 0.6 is 0 Å². The second kappa shape index (κ2) is 4.30. The number of anilines is 1. The molecule has 0 atom stereocenters. The van der Waals surface area contributed by atoms with Crippen LogP contribution < -0.4 is 4.90 Å². The Morgan fingerprint density at radius 1 is 1.05 bits per heavy atom. The van der Waals surface area contributed by atoms with E-state index in [4.69, 9.17) is 0 Å². The third-order valence-corrected chi connectivity index (χ3v) is 4.54. The van der Waals surface area contributed by atoms with Gasteiger partial charge < -0.3 is 4.90 Å². The lowest BCUT2D eigenvalue weighted by Gasteiger charge is -2.33. The first-order valence-electron chi connectivity index (χ1n) is 7.36. The van der Waals surface area contributed by atoms with Crippen molar-refractivity contribution >= 4 is 5.82 Å². The lowest BCUT2D eigenvalue weighted by molar-refractivity contribution is 0.393. The molecule has 0 N–H and O–H groups in total. The van der Waals surface area contributed by atoms with E-state index < -0.39 is 0 Å². The van der Waals surface area contributed by atoms with Gasteiger partial charge >= 0.3 is 0 Å². The van der Waals surface area contributed by atoms with Crippen molar-refractivity contribution in [3.8, 4) is 5.82 Å². The van der Waals surface area contributed by atoms with E-state index in [0.29, 0.717) is 5.41 Å². The number of hydrogen-bond donors (Lipinski definition) is 0. The molecule has 1 spiro atoms. The van der Waals surface area contributed by atoms with Crippen LogP contribution in [0.3, 0.4) is 0 Å². The fraction of sp³-hybridized carbons (Fsp3) is 0.533. The van der Waals surface area contributed by atoms with Crippen molar-refractivity contribution in [1.29, 1.82) is 0 Å². The Kier molecular flexibility index (Phi) is 2.55. The van der Waals surface area contributed by atoms with Crippen LogP contribution in [0.15, 0.2) is 24.4 Å². The third kappa shape index (κ3) is 2.07. The van der Waals surface area contributed by atoms with Crippen LogP contribution in [0.4, 0.5) is 5.82 Å². The Morgan fingerprint density at radius 2 is 1.85 bits per heavy atom. The molecule has 1 aliphatic heterocycles. The van der Waals surface area contributed by atoms with E-state index in [1.54, 1.807) is 4.68 Å².